The lowest BCUT2D eigenvalue weighted by molar-refractivity contribution is -0.142. The molecule has 0 radical (unpaired) electrons. The first kappa shape index (κ1) is 27.6. The molecule has 1 amide bonds. The lowest BCUT2D eigenvalue weighted by Crippen LogP contribution is -2.63. The summed E-state index contributed by atoms with van der Waals surface area (Å²) in [4.78, 5) is 19.5. The molecule has 1 fully saturated rings. The van der Waals surface area contributed by atoms with Gasteiger partial charge in [-0.2, -0.15) is 0 Å². The van der Waals surface area contributed by atoms with E-state index in [-0.39, 0.29) is 34.5 Å². The van der Waals surface area contributed by atoms with Crippen LogP contribution in [0.1, 0.15) is 55.8 Å². The Morgan fingerprint density at radius 1 is 1.05 bits per heavy atom. The van der Waals surface area contributed by atoms with E-state index in [0.717, 1.165) is 27.7 Å². The van der Waals surface area contributed by atoms with Crippen LogP contribution in [0.5, 0.6) is 0 Å². The van der Waals surface area contributed by atoms with Gasteiger partial charge in [0, 0.05) is 35.0 Å². The van der Waals surface area contributed by atoms with Crippen LogP contribution in [0.2, 0.25) is 18.1 Å². The summed E-state index contributed by atoms with van der Waals surface area (Å²) in [6.07, 6.45) is 0.851. The first-order chi connectivity index (χ1) is 19.0. The number of carbonyl (C=O) groups excluding carboxylic acids is 1. The average molecular weight is 619 g/mol. The molecule has 5 nitrogen and oxygen atoms in total. The van der Waals surface area contributed by atoms with E-state index in [1.54, 1.807) is 0 Å². The smallest absolute Gasteiger partial charge is 0.231 e. The molecule has 7 heteroatoms. The topological polar surface area (TPSA) is 44.8 Å². The fraction of sp³-hybridized carbons (Fsp3) is 0.424. The van der Waals surface area contributed by atoms with E-state index < -0.39 is 8.32 Å². The highest BCUT2D eigenvalue weighted by Crippen LogP contribution is 2.62. The average Bonchev–Trinajstić information content (AvgIpc) is 3.16. The molecule has 0 bridgehead atoms. The Morgan fingerprint density at radius 2 is 1.75 bits per heavy atom. The normalized spacial score (nSPS) is 24.5. The quantitative estimate of drug-likeness (QED) is 0.298. The van der Waals surface area contributed by atoms with Crippen LogP contribution in [0.3, 0.4) is 0 Å². The number of halogens is 1. The molecule has 4 atom stereocenters. The molecule has 210 valence electrons. The van der Waals surface area contributed by atoms with E-state index in [9.17, 15) is 0 Å². The first-order valence-corrected chi connectivity index (χ1v) is 18.0. The van der Waals surface area contributed by atoms with Crippen molar-refractivity contribution in [2.45, 2.75) is 68.9 Å². The Labute approximate surface area is 248 Å². The van der Waals surface area contributed by atoms with E-state index in [2.05, 4.69) is 139 Å². The van der Waals surface area contributed by atoms with Crippen LogP contribution in [0.15, 0.2) is 77.3 Å². The van der Waals surface area contributed by atoms with E-state index in [1.807, 2.05) is 6.07 Å². The maximum absolute atomic E-state index is 15.0. The molecule has 0 aliphatic carbocycles. The molecule has 0 aromatic heterocycles. The minimum atomic E-state index is -2.03. The summed E-state index contributed by atoms with van der Waals surface area (Å²) < 4.78 is 7.89. The van der Waals surface area contributed by atoms with Crippen molar-refractivity contribution >= 4 is 41.5 Å². The number of anilines is 2. The van der Waals surface area contributed by atoms with Crippen molar-refractivity contribution in [1.82, 2.24) is 4.90 Å². The Hall–Kier alpha value is -2.61. The molecule has 3 aromatic carbocycles. The third kappa shape index (κ3) is 4.07. The summed E-state index contributed by atoms with van der Waals surface area (Å²) in [5, 5.41) is 3.94. The van der Waals surface area contributed by atoms with Crippen molar-refractivity contribution in [2.75, 3.05) is 30.4 Å². The Kier molecular flexibility index (Phi) is 6.71. The largest absolute Gasteiger partial charge is 0.414 e. The number of nitrogens with zero attached hydrogens (tertiary/aromatic N) is 2. The second kappa shape index (κ2) is 9.74. The number of likely N-dealkylation sites (N-methyl/N-ethyl adjacent to an activating group) is 1. The fourth-order valence-electron chi connectivity index (χ4n) is 6.92. The number of carbonyl (C=O) groups is 1. The number of likely N-dealkylation sites (tertiary alicyclic amines) is 1. The molecule has 1 spiro atoms. The van der Waals surface area contributed by atoms with E-state index in [0.29, 0.717) is 13.2 Å². The molecule has 3 heterocycles. The number of para-hydroxylation sites is 1. The minimum Gasteiger partial charge on any atom is -0.414 e. The van der Waals surface area contributed by atoms with Gasteiger partial charge in [-0.1, -0.05) is 91.3 Å². The molecule has 6 rings (SSSR count). The predicted octanol–water partition coefficient (Wildman–Crippen LogP) is 7.67. The number of fused-ring (bicyclic) bond motifs is 3. The van der Waals surface area contributed by atoms with Gasteiger partial charge in [0.05, 0.1) is 24.0 Å². The molecular formula is C33H40BrN3O2Si. The highest BCUT2D eigenvalue weighted by Gasteiger charge is 2.63. The maximum Gasteiger partial charge on any atom is 0.231 e. The van der Waals surface area contributed by atoms with Crippen LogP contribution in [-0.2, 0) is 14.6 Å². The minimum absolute atomic E-state index is 0.00847. The van der Waals surface area contributed by atoms with Gasteiger partial charge < -0.3 is 19.5 Å². The number of piperidine rings is 1. The summed E-state index contributed by atoms with van der Waals surface area (Å²) >= 11 is 3.90. The van der Waals surface area contributed by atoms with Gasteiger partial charge in [0.15, 0.2) is 8.32 Å². The summed E-state index contributed by atoms with van der Waals surface area (Å²) in [6, 6.07) is 25.1. The summed E-state index contributed by atoms with van der Waals surface area (Å²) in [5.41, 5.74) is 5.32. The van der Waals surface area contributed by atoms with Crippen molar-refractivity contribution in [3.63, 3.8) is 0 Å². The predicted molar refractivity (Wildman–Crippen MR) is 169 cm³/mol. The van der Waals surface area contributed by atoms with E-state index >= 15 is 4.79 Å². The number of amides is 1. The molecular weight excluding hydrogens is 578 g/mol. The lowest BCUT2D eigenvalue weighted by Gasteiger charge is -2.54. The van der Waals surface area contributed by atoms with Crippen molar-refractivity contribution in [1.29, 1.82) is 0 Å². The summed E-state index contributed by atoms with van der Waals surface area (Å²) in [6.45, 7) is 12.6. The van der Waals surface area contributed by atoms with Crippen molar-refractivity contribution in [2.24, 2.45) is 0 Å². The Balaban J connectivity index is 1.46. The number of benzene rings is 3. The number of hydrogen-bond acceptors (Lipinski definition) is 4. The van der Waals surface area contributed by atoms with Crippen molar-refractivity contribution < 1.29 is 9.22 Å². The van der Waals surface area contributed by atoms with Gasteiger partial charge in [-0.05, 0) is 53.9 Å². The molecule has 40 heavy (non-hydrogen) atoms. The highest BCUT2D eigenvalue weighted by atomic mass is 79.9. The summed E-state index contributed by atoms with van der Waals surface area (Å²) in [5.74, 6) is -0.111. The number of rotatable bonds is 5. The molecule has 0 saturated carbocycles. The molecule has 3 aliphatic rings. The van der Waals surface area contributed by atoms with Gasteiger partial charge in [0.25, 0.3) is 0 Å². The first-order valence-electron chi connectivity index (χ1n) is 14.3. The van der Waals surface area contributed by atoms with Gasteiger partial charge in [0.2, 0.25) is 5.91 Å². The third-order valence-electron chi connectivity index (χ3n) is 10.1. The monoisotopic (exact) mass is 617 g/mol. The van der Waals surface area contributed by atoms with Crippen molar-refractivity contribution in [3.05, 3.63) is 94.0 Å². The van der Waals surface area contributed by atoms with Gasteiger partial charge >= 0.3 is 0 Å². The Bertz CT molecular complexity index is 1440. The van der Waals surface area contributed by atoms with Gasteiger partial charge in [0.1, 0.15) is 6.17 Å². The van der Waals surface area contributed by atoms with Crippen LogP contribution < -0.4 is 10.2 Å². The molecule has 3 aromatic rings. The maximum atomic E-state index is 15.0. The highest BCUT2D eigenvalue weighted by molar-refractivity contribution is 9.10. The van der Waals surface area contributed by atoms with Gasteiger partial charge in [-0.25, -0.2) is 0 Å². The fourth-order valence-corrected chi connectivity index (χ4v) is 8.65. The van der Waals surface area contributed by atoms with Crippen molar-refractivity contribution in [3.8, 4) is 0 Å². The molecule has 0 unspecified atom stereocenters. The lowest BCUT2D eigenvalue weighted by atomic mass is 9.60. The number of nitrogens with one attached hydrogen (secondary N) is 1. The second-order valence-electron chi connectivity index (χ2n) is 13.1. The zero-order valence-electron chi connectivity index (χ0n) is 24.4. The van der Waals surface area contributed by atoms with Crippen LogP contribution >= 0.6 is 15.9 Å². The second-order valence-corrected chi connectivity index (χ2v) is 18.8. The van der Waals surface area contributed by atoms with Gasteiger partial charge in [-0.3, -0.25) is 4.79 Å². The third-order valence-corrected chi connectivity index (χ3v) is 15.2. The van der Waals surface area contributed by atoms with Gasteiger partial charge in [-0.15, -0.1) is 0 Å². The van der Waals surface area contributed by atoms with Crippen LogP contribution in [0.4, 0.5) is 11.4 Å². The van der Waals surface area contributed by atoms with E-state index in [1.165, 1.54) is 11.3 Å². The zero-order valence-corrected chi connectivity index (χ0v) is 27.0. The van der Waals surface area contributed by atoms with Crippen LogP contribution in [-0.4, -0.2) is 45.5 Å². The van der Waals surface area contributed by atoms with Crippen LogP contribution in [0, 0.1) is 0 Å². The van der Waals surface area contributed by atoms with Crippen LogP contribution in [0.25, 0.3) is 0 Å². The molecule has 1 saturated heterocycles. The molecule has 3 aliphatic heterocycles. The Morgan fingerprint density at radius 3 is 2.48 bits per heavy atom. The van der Waals surface area contributed by atoms with E-state index in [4.69, 9.17) is 4.43 Å². The number of hydrogen-bond donors (Lipinski definition) is 1. The standard InChI is InChI=1S/C33H40BrN3O2Si/c1-32(2,3)40(5,6)39-21-27(22-13-8-7-9-14-22)37-20-19-33-28(30(37)38)23-15-10-11-17-25(23)35-31(33)36(4)26-18-12-16-24(34)29(26)33/h7-18,27-28,31,35H,19-21H2,1-6H3/t27-,28+,31+,33-/m1/s1. The SMILES string of the molecule is CN1c2cccc(Br)c2[C@@]23CCN([C@H](CO[Si](C)(C)C(C)(C)C)c4ccccc4)C(=O)[C@@H]2c2ccccc2N[C@@H]13. The summed E-state index contributed by atoms with van der Waals surface area (Å²) in [7, 11) is 0.126. The zero-order chi connectivity index (χ0) is 28.4. The molecule has 1 N–H and O–H groups in total.